The maximum absolute atomic E-state index is 12.6. The Morgan fingerprint density at radius 3 is 2.52 bits per heavy atom. The number of amides is 1. The Balaban J connectivity index is 1.85. The van der Waals surface area contributed by atoms with Gasteiger partial charge in [0.1, 0.15) is 11.3 Å². The van der Waals surface area contributed by atoms with E-state index in [2.05, 4.69) is 5.32 Å². The molecule has 130 valence electrons. The van der Waals surface area contributed by atoms with Crippen LogP contribution in [0.15, 0.2) is 48.5 Å². The maximum Gasteiger partial charge on any atom is 0.343 e. The maximum atomic E-state index is 12.6. The quantitative estimate of drug-likeness (QED) is 0.801. The predicted octanol–water partition coefficient (Wildman–Crippen LogP) is 3.53. The van der Waals surface area contributed by atoms with Crippen LogP contribution in [0, 0.1) is 0 Å². The molecule has 3 rings (SSSR count). The zero-order valence-electron chi connectivity index (χ0n) is 13.7. The van der Waals surface area contributed by atoms with E-state index in [1.165, 1.54) is 13.2 Å². The lowest BCUT2D eigenvalue weighted by Gasteiger charge is -2.18. The molecule has 2 aromatic rings. The first kappa shape index (κ1) is 17.3. The van der Waals surface area contributed by atoms with Crippen molar-refractivity contribution < 1.29 is 19.1 Å². The second-order valence-electron chi connectivity index (χ2n) is 5.82. The Morgan fingerprint density at radius 2 is 1.88 bits per heavy atom. The van der Waals surface area contributed by atoms with Gasteiger partial charge in [-0.25, -0.2) is 4.79 Å². The molecule has 0 radical (unpaired) electrons. The van der Waals surface area contributed by atoms with Gasteiger partial charge in [-0.3, -0.25) is 4.79 Å². The van der Waals surface area contributed by atoms with E-state index in [0.29, 0.717) is 16.3 Å². The van der Waals surface area contributed by atoms with Crippen LogP contribution in [0.3, 0.4) is 0 Å². The van der Waals surface area contributed by atoms with Gasteiger partial charge in [0.2, 0.25) is 6.10 Å². The second-order valence-corrected chi connectivity index (χ2v) is 6.26. The van der Waals surface area contributed by atoms with Crippen LogP contribution >= 0.6 is 11.6 Å². The van der Waals surface area contributed by atoms with Crippen molar-refractivity contribution >= 4 is 23.5 Å². The summed E-state index contributed by atoms with van der Waals surface area (Å²) < 4.78 is 10.7. The highest BCUT2D eigenvalue weighted by molar-refractivity contribution is 6.31. The SMILES string of the molecule is COc1ccc(Cl)cc1C(=O)OC(C(=O)NC1CC1)c1ccccc1. The average Bonchev–Trinajstić information content (AvgIpc) is 3.44. The molecule has 1 atom stereocenters. The van der Waals surface area contributed by atoms with Crippen molar-refractivity contribution in [2.24, 2.45) is 0 Å². The van der Waals surface area contributed by atoms with Crippen molar-refractivity contribution in [3.63, 3.8) is 0 Å². The monoisotopic (exact) mass is 359 g/mol. The molecule has 2 aromatic carbocycles. The molecule has 1 amide bonds. The number of ether oxygens (including phenoxy) is 2. The van der Waals surface area contributed by atoms with Crippen molar-refractivity contribution in [3.05, 3.63) is 64.7 Å². The zero-order valence-corrected chi connectivity index (χ0v) is 14.5. The molecular formula is C19H18ClNO4. The Morgan fingerprint density at radius 1 is 1.16 bits per heavy atom. The van der Waals surface area contributed by atoms with E-state index in [9.17, 15) is 9.59 Å². The summed E-state index contributed by atoms with van der Waals surface area (Å²) in [5.74, 6) is -0.661. The number of esters is 1. The Hall–Kier alpha value is -2.53. The number of nitrogens with one attached hydrogen (secondary N) is 1. The summed E-state index contributed by atoms with van der Waals surface area (Å²) in [5.41, 5.74) is 0.783. The zero-order chi connectivity index (χ0) is 17.8. The molecule has 1 aliphatic carbocycles. The fourth-order valence-corrected chi connectivity index (χ4v) is 2.59. The number of carbonyl (C=O) groups is 2. The minimum atomic E-state index is -1.03. The normalized spacial score (nSPS) is 14.5. The van der Waals surface area contributed by atoms with Crippen LogP contribution in [0.5, 0.6) is 5.75 Å². The molecule has 1 N–H and O–H groups in total. The number of rotatable bonds is 6. The second kappa shape index (κ2) is 7.57. The summed E-state index contributed by atoms with van der Waals surface area (Å²) in [6.45, 7) is 0. The van der Waals surface area contributed by atoms with Crippen molar-refractivity contribution in [1.29, 1.82) is 0 Å². The van der Waals surface area contributed by atoms with Crippen LogP contribution in [0.2, 0.25) is 5.02 Å². The lowest BCUT2D eigenvalue weighted by molar-refractivity contribution is -0.130. The van der Waals surface area contributed by atoms with Gasteiger partial charge in [0.25, 0.3) is 5.91 Å². The number of halogens is 1. The molecule has 0 aliphatic heterocycles. The number of methoxy groups -OCH3 is 1. The van der Waals surface area contributed by atoms with Gasteiger partial charge in [0.15, 0.2) is 0 Å². The van der Waals surface area contributed by atoms with Crippen LogP contribution < -0.4 is 10.1 Å². The molecular weight excluding hydrogens is 342 g/mol. The van der Waals surface area contributed by atoms with Gasteiger partial charge in [0, 0.05) is 16.6 Å². The Bertz CT molecular complexity index is 774. The highest BCUT2D eigenvalue weighted by Crippen LogP contribution is 2.27. The van der Waals surface area contributed by atoms with Crippen LogP contribution in [-0.2, 0) is 9.53 Å². The largest absolute Gasteiger partial charge is 0.496 e. The molecule has 0 heterocycles. The van der Waals surface area contributed by atoms with Gasteiger partial charge in [-0.05, 0) is 31.0 Å². The summed E-state index contributed by atoms with van der Waals surface area (Å²) in [4.78, 5) is 25.2. The van der Waals surface area contributed by atoms with Gasteiger partial charge >= 0.3 is 5.97 Å². The van der Waals surface area contributed by atoms with Crippen LogP contribution in [0.4, 0.5) is 0 Å². The standard InChI is InChI=1S/C19H18ClNO4/c1-24-16-10-7-13(20)11-15(16)19(23)25-17(12-5-3-2-4-6-12)18(22)21-14-8-9-14/h2-7,10-11,14,17H,8-9H2,1H3,(H,21,22). The van der Waals surface area contributed by atoms with E-state index in [4.69, 9.17) is 21.1 Å². The van der Waals surface area contributed by atoms with Crippen LogP contribution in [-0.4, -0.2) is 25.0 Å². The molecule has 25 heavy (non-hydrogen) atoms. The number of hydrogen-bond donors (Lipinski definition) is 1. The highest BCUT2D eigenvalue weighted by atomic mass is 35.5. The molecule has 1 fully saturated rings. The van der Waals surface area contributed by atoms with E-state index >= 15 is 0 Å². The Labute approximate surface area is 150 Å². The lowest BCUT2D eigenvalue weighted by Crippen LogP contribution is -2.33. The highest BCUT2D eigenvalue weighted by Gasteiger charge is 2.31. The third kappa shape index (κ3) is 4.31. The summed E-state index contributed by atoms with van der Waals surface area (Å²) >= 11 is 5.97. The Kier molecular flexibility index (Phi) is 5.24. The molecule has 5 nitrogen and oxygen atoms in total. The van der Waals surface area contributed by atoms with Gasteiger partial charge in [-0.15, -0.1) is 0 Å². The molecule has 6 heteroatoms. The topological polar surface area (TPSA) is 64.6 Å². The van der Waals surface area contributed by atoms with Crippen LogP contribution in [0.1, 0.15) is 34.9 Å². The third-order valence-electron chi connectivity index (χ3n) is 3.87. The van der Waals surface area contributed by atoms with E-state index < -0.39 is 12.1 Å². The molecule has 0 bridgehead atoms. The van der Waals surface area contributed by atoms with Crippen molar-refractivity contribution in [1.82, 2.24) is 5.32 Å². The van der Waals surface area contributed by atoms with Gasteiger partial charge in [0.05, 0.1) is 7.11 Å². The lowest BCUT2D eigenvalue weighted by atomic mass is 10.1. The minimum absolute atomic E-state index is 0.165. The van der Waals surface area contributed by atoms with Gasteiger partial charge in [-0.2, -0.15) is 0 Å². The fourth-order valence-electron chi connectivity index (χ4n) is 2.42. The molecule has 1 saturated carbocycles. The third-order valence-corrected chi connectivity index (χ3v) is 4.11. The van der Waals surface area contributed by atoms with E-state index in [1.54, 1.807) is 36.4 Å². The molecule has 1 aliphatic rings. The first-order valence-corrected chi connectivity index (χ1v) is 8.36. The smallest absolute Gasteiger partial charge is 0.343 e. The molecule has 0 saturated heterocycles. The summed E-state index contributed by atoms with van der Waals surface area (Å²) in [5, 5.41) is 3.26. The van der Waals surface area contributed by atoms with E-state index in [1.807, 2.05) is 6.07 Å². The molecule has 1 unspecified atom stereocenters. The predicted molar refractivity (Wildman–Crippen MR) is 93.8 cm³/mol. The van der Waals surface area contributed by atoms with E-state index in [-0.39, 0.29) is 17.5 Å². The minimum Gasteiger partial charge on any atom is -0.496 e. The summed E-state index contributed by atoms with van der Waals surface area (Å²) in [7, 11) is 1.45. The molecule has 0 aromatic heterocycles. The summed E-state index contributed by atoms with van der Waals surface area (Å²) in [6.07, 6.45) is 0.866. The van der Waals surface area contributed by atoms with Gasteiger partial charge in [-0.1, -0.05) is 41.9 Å². The van der Waals surface area contributed by atoms with Crippen molar-refractivity contribution in [2.45, 2.75) is 25.0 Å². The number of hydrogen-bond acceptors (Lipinski definition) is 4. The number of carbonyl (C=O) groups excluding carboxylic acids is 2. The van der Waals surface area contributed by atoms with E-state index in [0.717, 1.165) is 12.8 Å². The van der Waals surface area contributed by atoms with Crippen LogP contribution in [0.25, 0.3) is 0 Å². The van der Waals surface area contributed by atoms with Gasteiger partial charge < -0.3 is 14.8 Å². The average molecular weight is 360 g/mol. The first-order chi connectivity index (χ1) is 12.1. The summed E-state index contributed by atoms with van der Waals surface area (Å²) in [6, 6.07) is 13.7. The molecule has 0 spiro atoms. The first-order valence-electron chi connectivity index (χ1n) is 7.98. The van der Waals surface area contributed by atoms with Crippen molar-refractivity contribution in [3.8, 4) is 5.75 Å². The number of benzene rings is 2. The fraction of sp³-hybridized carbons (Fsp3) is 0.263. The van der Waals surface area contributed by atoms with Crippen molar-refractivity contribution in [2.75, 3.05) is 7.11 Å².